The van der Waals surface area contributed by atoms with Crippen molar-refractivity contribution in [2.45, 2.75) is 38.1 Å². The van der Waals surface area contributed by atoms with Crippen molar-refractivity contribution >= 4 is 17.6 Å². The van der Waals surface area contributed by atoms with E-state index in [1.165, 1.54) is 11.3 Å². The molecule has 2 fully saturated rings. The van der Waals surface area contributed by atoms with Gasteiger partial charge in [0.25, 0.3) is 0 Å². The number of rotatable bonds is 5. The number of amides is 3. The number of carbonyl (C=O) groups is 2. The zero-order chi connectivity index (χ0) is 26.5. The SMILES string of the molecule is Cc1ccccc1N1CCN(C(=O)N2CCC(C(=O)N[C@@H](C)c3ccccc3)(c3ccccc3)CC2)CC1. The van der Waals surface area contributed by atoms with E-state index in [-0.39, 0.29) is 18.0 Å². The van der Waals surface area contributed by atoms with E-state index in [4.69, 9.17) is 0 Å². The first kappa shape index (κ1) is 25.8. The highest BCUT2D eigenvalue weighted by Gasteiger charge is 2.44. The van der Waals surface area contributed by atoms with Gasteiger partial charge in [0.2, 0.25) is 5.91 Å². The van der Waals surface area contributed by atoms with E-state index in [0.29, 0.717) is 39.0 Å². The fourth-order valence-corrected chi connectivity index (χ4v) is 5.90. The van der Waals surface area contributed by atoms with E-state index in [1.807, 2.05) is 65.3 Å². The third-order valence-corrected chi connectivity index (χ3v) is 8.30. The number of piperazine rings is 1. The van der Waals surface area contributed by atoms with Gasteiger partial charge in [0, 0.05) is 45.0 Å². The molecule has 3 amide bonds. The maximum absolute atomic E-state index is 13.9. The molecule has 0 saturated carbocycles. The largest absolute Gasteiger partial charge is 0.368 e. The van der Waals surface area contributed by atoms with E-state index in [0.717, 1.165) is 24.2 Å². The van der Waals surface area contributed by atoms with Gasteiger partial charge in [0.1, 0.15) is 0 Å². The number of nitrogens with one attached hydrogen (secondary N) is 1. The molecular formula is C32H38N4O2. The number of anilines is 1. The number of aryl methyl sites for hydroxylation is 1. The molecule has 0 radical (unpaired) electrons. The number of hydrogen-bond donors (Lipinski definition) is 1. The van der Waals surface area contributed by atoms with Gasteiger partial charge in [-0.15, -0.1) is 0 Å². The first-order valence-corrected chi connectivity index (χ1v) is 13.7. The second-order valence-electron chi connectivity index (χ2n) is 10.6. The van der Waals surface area contributed by atoms with E-state index in [1.54, 1.807) is 0 Å². The molecule has 1 atom stereocenters. The van der Waals surface area contributed by atoms with E-state index in [9.17, 15) is 9.59 Å². The van der Waals surface area contributed by atoms with Crippen LogP contribution in [-0.4, -0.2) is 61.0 Å². The molecule has 3 aromatic rings. The molecule has 2 heterocycles. The van der Waals surface area contributed by atoms with Gasteiger partial charge in [-0.25, -0.2) is 4.79 Å². The van der Waals surface area contributed by atoms with Crippen LogP contribution in [0.5, 0.6) is 0 Å². The molecule has 6 nitrogen and oxygen atoms in total. The van der Waals surface area contributed by atoms with Crippen LogP contribution >= 0.6 is 0 Å². The summed E-state index contributed by atoms with van der Waals surface area (Å²) in [4.78, 5) is 33.6. The van der Waals surface area contributed by atoms with Gasteiger partial charge >= 0.3 is 6.03 Å². The van der Waals surface area contributed by atoms with Crippen molar-refractivity contribution in [2.24, 2.45) is 0 Å². The van der Waals surface area contributed by atoms with Crippen LogP contribution in [0, 0.1) is 6.92 Å². The van der Waals surface area contributed by atoms with Gasteiger partial charge in [0.05, 0.1) is 11.5 Å². The number of hydrogen-bond acceptors (Lipinski definition) is 3. The maximum atomic E-state index is 13.9. The van der Waals surface area contributed by atoms with Gasteiger partial charge in [-0.2, -0.15) is 0 Å². The molecule has 2 aliphatic heterocycles. The molecule has 2 saturated heterocycles. The van der Waals surface area contributed by atoms with Crippen molar-refractivity contribution < 1.29 is 9.59 Å². The lowest BCUT2D eigenvalue weighted by atomic mass is 9.71. The van der Waals surface area contributed by atoms with Gasteiger partial charge in [-0.05, 0) is 49.4 Å². The summed E-state index contributed by atoms with van der Waals surface area (Å²) in [5.74, 6) is 0.0407. The van der Waals surface area contributed by atoms with Crippen LogP contribution in [0.4, 0.5) is 10.5 Å². The molecular weight excluding hydrogens is 472 g/mol. The summed E-state index contributed by atoms with van der Waals surface area (Å²) in [6.07, 6.45) is 1.22. The van der Waals surface area contributed by atoms with Crippen molar-refractivity contribution in [3.8, 4) is 0 Å². The minimum atomic E-state index is -0.648. The highest BCUT2D eigenvalue weighted by atomic mass is 16.2. The van der Waals surface area contributed by atoms with Crippen LogP contribution in [0.15, 0.2) is 84.9 Å². The van der Waals surface area contributed by atoms with Crippen molar-refractivity contribution in [2.75, 3.05) is 44.2 Å². The first-order valence-electron chi connectivity index (χ1n) is 13.7. The van der Waals surface area contributed by atoms with E-state index < -0.39 is 5.41 Å². The summed E-state index contributed by atoms with van der Waals surface area (Å²) >= 11 is 0. The number of urea groups is 1. The maximum Gasteiger partial charge on any atom is 0.320 e. The van der Waals surface area contributed by atoms with Crippen LogP contribution in [0.1, 0.15) is 42.5 Å². The number of para-hydroxylation sites is 1. The quantitative estimate of drug-likeness (QED) is 0.517. The van der Waals surface area contributed by atoms with Crippen LogP contribution in [-0.2, 0) is 10.2 Å². The highest BCUT2D eigenvalue weighted by Crippen LogP contribution is 2.37. The zero-order valence-electron chi connectivity index (χ0n) is 22.5. The Morgan fingerprint density at radius 3 is 1.92 bits per heavy atom. The molecule has 198 valence electrons. The van der Waals surface area contributed by atoms with E-state index in [2.05, 4.69) is 53.5 Å². The van der Waals surface area contributed by atoms with Crippen LogP contribution in [0.2, 0.25) is 0 Å². The summed E-state index contributed by atoms with van der Waals surface area (Å²) in [5.41, 5.74) is 3.98. The lowest BCUT2D eigenvalue weighted by molar-refractivity contribution is -0.129. The monoisotopic (exact) mass is 510 g/mol. The number of likely N-dealkylation sites (tertiary alicyclic amines) is 1. The normalized spacial score (nSPS) is 18.1. The average Bonchev–Trinajstić information content (AvgIpc) is 2.98. The number of benzene rings is 3. The topological polar surface area (TPSA) is 55.9 Å². The van der Waals surface area contributed by atoms with Crippen molar-refractivity contribution in [1.82, 2.24) is 15.1 Å². The van der Waals surface area contributed by atoms with Crippen molar-refractivity contribution in [1.29, 1.82) is 0 Å². The van der Waals surface area contributed by atoms with Gasteiger partial charge in [-0.1, -0.05) is 78.9 Å². The third kappa shape index (κ3) is 5.26. The molecule has 38 heavy (non-hydrogen) atoms. The minimum Gasteiger partial charge on any atom is -0.368 e. The second-order valence-corrected chi connectivity index (χ2v) is 10.6. The molecule has 0 bridgehead atoms. The molecule has 0 aliphatic carbocycles. The van der Waals surface area contributed by atoms with Crippen LogP contribution in [0.3, 0.4) is 0 Å². The molecule has 5 rings (SSSR count). The highest BCUT2D eigenvalue weighted by molar-refractivity contribution is 5.89. The Labute approximate surface area is 226 Å². The molecule has 6 heteroatoms. The Hall–Kier alpha value is -3.80. The number of piperidine rings is 1. The van der Waals surface area contributed by atoms with E-state index >= 15 is 0 Å². The van der Waals surface area contributed by atoms with Crippen LogP contribution in [0.25, 0.3) is 0 Å². The summed E-state index contributed by atoms with van der Waals surface area (Å²) in [7, 11) is 0. The molecule has 0 spiro atoms. The van der Waals surface area contributed by atoms with Crippen molar-refractivity contribution in [3.05, 3.63) is 102 Å². The predicted octanol–water partition coefficient (Wildman–Crippen LogP) is 5.15. The third-order valence-electron chi connectivity index (χ3n) is 8.30. The Balaban J connectivity index is 1.24. The Bertz CT molecular complexity index is 1230. The fourth-order valence-electron chi connectivity index (χ4n) is 5.90. The molecule has 2 aliphatic rings. The predicted molar refractivity (Wildman–Crippen MR) is 152 cm³/mol. The smallest absolute Gasteiger partial charge is 0.320 e. The van der Waals surface area contributed by atoms with Crippen molar-refractivity contribution in [3.63, 3.8) is 0 Å². The van der Waals surface area contributed by atoms with Gasteiger partial charge in [-0.3, -0.25) is 4.79 Å². The summed E-state index contributed by atoms with van der Waals surface area (Å²) in [6, 6.07) is 28.6. The fraction of sp³-hybridized carbons (Fsp3) is 0.375. The Morgan fingerprint density at radius 1 is 0.737 bits per heavy atom. The molecule has 3 aromatic carbocycles. The molecule has 0 aromatic heterocycles. The minimum absolute atomic E-state index is 0.0407. The molecule has 1 N–H and O–H groups in total. The Kier molecular flexibility index (Phi) is 7.68. The lowest BCUT2D eigenvalue weighted by Gasteiger charge is -2.44. The second kappa shape index (κ2) is 11.3. The first-order chi connectivity index (χ1) is 18.5. The average molecular weight is 511 g/mol. The summed E-state index contributed by atoms with van der Waals surface area (Å²) in [6.45, 7) is 8.39. The summed E-state index contributed by atoms with van der Waals surface area (Å²) < 4.78 is 0. The number of nitrogens with zero attached hydrogens (tertiary/aromatic N) is 3. The number of carbonyl (C=O) groups excluding carboxylic acids is 2. The lowest BCUT2D eigenvalue weighted by Crippen LogP contribution is -2.57. The van der Waals surface area contributed by atoms with Crippen LogP contribution < -0.4 is 10.2 Å². The zero-order valence-corrected chi connectivity index (χ0v) is 22.5. The van der Waals surface area contributed by atoms with Gasteiger partial charge < -0.3 is 20.0 Å². The summed E-state index contributed by atoms with van der Waals surface area (Å²) in [5, 5.41) is 3.28. The molecule has 0 unspecified atom stereocenters. The standard InChI is InChI=1S/C32H38N4O2/c1-25-11-9-10-16-29(25)34-21-23-36(24-22-34)31(38)35-19-17-32(18-20-35,28-14-7-4-8-15-28)30(37)33-26(2)27-12-5-3-6-13-27/h3-16,26H,17-24H2,1-2H3,(H,33,37)/t26-/m0/s1. The Morgan fingerprint density at radius 2 is 1.29 bits per heavy atom. The van der Waals surface area contributed by atoms with Gasteiger partial charge in [0.15, 0.2) is 0 Å².